The smallest absolute Gasteiger partial charge is 0.0573 e. The van der Waals surface area contributed by atoms with E-state index >= 15 is 0 Å². The molecule has 0 heterocycles. The molecule has 0 fully saturated rings. The number of hydrogen-bond donors (Lipinski definition) is 2. The molecule has 1 unspecified atom stereocenters. The predicted octanol–water partition coefficient (Wildman–Crippen LogP) is 1.69. The fourth-order valence-corrected chi connectivity index (χ4v) is 1.18. The Hall–Kier alpha value is -0.0800. The molecule has 68 valence electrons. The minimum atomic E-state index is -0.198. The molecule has 0 radical (unpaired) electrons. The van der Waals surface area contributed by atoms with E-state index in [1.54, 1.807) is 0 Å². The molecule has 0 saturated heterocycles. The van der Waals surface area contributed by atoms with Crippen LogP contribution in [-0.4, -0.2) is 6.17 Å². The van der Waals surface area contributed by atoms with Crippen molar-refractivity contribution in [1.82, 2.24) is 0 Å². The normalized spacial score (nSPS) is 15.5. The summed E-state index contributed by atoms with van der Waals surface area (Å²) in [7, 11) is 0. The Kier molecular flexibility index (Phi) is 4.04. The highest BCUT2D eigenvalue weighted by Crippen LogP contribution is 2.27. The molecule has 0 saturated carbocycles. The van der Waals surface area contributed by atoms with Gasteiger partial charge >= 0.3 is 0 Å². The van der Waals surface area contributed by atoms with Gasteiger partial charge in [0.15, 0.2) is 0 Å². The lowest BCUT2D eigenvalue weighted by atomic mass is 9.80. The third-order valence-corrected chi connectivity index (χ3v) is 2.47. The number of nitrogens with two attached hydrogens (primary N) is 2. The van der Waals surface area contributed by atoms with Crippen LogP contribution in [0.4, 0.5) is 0 Å². The topological polar surface area (TPSA) is 52.0 Å². The van der Waals surface area contributed by atoms with Crippen molar-refractivity contribution in [3.63, 3.8) is 0 Å². The van der Waals surface area contributed by atoms with Crippen LogP contribution in [-0.2, 0) is 0 Å². The molecule has 0 aliphatic rings. The standard InChI is InChI=1S/C9H22N2/c1-5-7(2)6-9(3,4)8(10)11/h7-8H,5-6,10-11H2,1-4H3. The van der Waals surface area contributed by atoms with Crippen molar-refractivity contribution in [2.24, 2.45) is 22.8 Å². The molecule has 11 heavy (non-hydrogen) atoms. The van der Waals surface area contributed by atoms with Gasteiger partial charge in [-0.05, 0) is 17.8 Å². The quantitative estimate of drug-likeness (QED) is 0.612. The Morgan fingerprint density at radius 3 is 2.00 bits per heavy atom. The molecule has 2 nitrogen and oxygen atoms in total. The van der Waals surface area contributed by atoms with Crippen LogP contribution >= 0.6 is 0 Å². The zero-order chi connectivity index (χ0) is 9.07. The molecule has 0 aromatic rings. The summed E-state index contributed by atoms with van der Waals surface area (Å²) in [5.41, 5.74) is 11.4. The van der Waals surface area contributed by atoms with E-state index < -0.39 is 0 Å². The van der Waals surface area contributed by atoms with Crippen LogP contribution < -0.4 is 11.5 Å². The van der Waals surface area contributed by atoms with Crippen molar-refractivity contribution >= 4 is 0 Å². The van der Waals surface area contributed by atoms with E-state index in [2.05, 4.69) is 27.7 Å². The van der Waals surface area contributed by atoms with Crippen molar-refractivity contribution in [2.45, 2.75) is 46.7 Å². The van der Waals surface area contributed by atoms with Gasteiger partial charge in [0.1, 0.15) is 0 Å². The maximum Gasteiger partial charge on any atom is 0.0573 e. The van der Waals surface area contributed by atoms with Crippen LogP contribution in [0, 0.1) is 11.3 Å². The Balaban J connectivity index is 3.90. The molecular formula is C9H22N2. The molecular weight excluding hydrogens is 136 g/mol. The van der Waals surface area contributed by atoms with Crippen LogP contribution in [0.2, 0.25) is 0 Å². The molecule has 1 atom stereocenters. The molecule has 0 amide bonds. The summed E-state index contributed by atoms with van der Waals surface area (Å²) < 4.78 is 0. The molecule has 0 bridgehead atoms. The fraction of sp³-hybridized carbons (Fsp3) is 1.00. The Morgan fingerprint density at radius 2 is 1.73 bits per heavy atom. The first-order chi connectivity index (χ1) is 4.90. The van der Waals surface area contributed by atoms with Gasteiger partial charge in [-0.15, -0.1) is 0 Å². The average molecular weight is 158 g/mol. The van der Waals surface area contributed by atoms with Gasteiger partial charge in [0.25, 0.3) is 0 Å². The van der Waals surface area contributed by atoms with Crippen LogP contribution in [0.3, 0.4) is 0 Å². The van der Waals surface area contributed by atoms with Crippen LogP contribution in [0.15, 0.2) is 0 Å². The van der Waals surface area contributed by atoms with E-state index in [9.17, 15) is 0 Å². The van der Waals surface area contributed by atoms with Gasteiger partial charge in [-0.1, -0.05) is 34.1 Å². The monoisotopic (exact) mass is 158 g/mol. The molecule has 0 rings (SSSR count). The minimum absolute atomic E-state index is 0.0788. The maximum absolute atomic E-state index is 5.65. The molecule has 0 aromatic heterocycles. The van der Waals surface area contributed by atoms with E-state index in [0.29, 0.717) is 0 Å². The van der Waals surface area contributed by atoms with E-state index in [0.717, 1.165) is 12.3 Å². The first kappa shape index (κ1) is 10.9. The summed E-state index contributed by atoms with van der Waals surface area (Å²) in [6.45, 7) is 8.70. The maximum atomic E-state index is 5.65. The van der Waals surface area contributed by atoms with Gasteiger partial charge in [-0.25, -0.2) is 0 Å². The van der Waals surface area contributed by atoms with Gasteiger partial charge in [-0.2, -0.15) is 0 Å². The molecule has 0 aromatic carbocycles. The van der Waals surface area contributed by atoms with E-state index in [1.165, 1.54) is 6.42 Å². The van der Waals surface area contributed by atoms with Crippen LogP contribution in [0.5, 0.6) is 0 Å². The number of hydrogen-bond acceptors (Lipinski definition) is 2. The Morgan fingerprint density at radius 1 is 1.27 bits per heavy atom. The predicted molar refractivity (Wildman–Crippen MR) is 50.0 cm³/mol. The van der Waals surface area contributed by atoms with Crippen molar-refractivity contribution in [1.29, 1.82) is 0 Å². The zero-order valence-electron chi connectivity index (χ0n) is 8.22. The van der Waals surface area contributed by atoms with Gasteiger partial charge < -0.3 is 11.5 Å². The second-order valence-corrected chi connectivity index (χ2v) is 4.23. The fourth-order valence-electron chi connectivity index (χ4n) is 1.18. The first-order valence-corrected chi connectivity index (χ1v) is 4.41. The van der Waals surface area contributed by atoms with Crippen molar-refractivity contribution in [3.05, 3.63) is 0 Å². The van der Waals surface area contributed by atoms with Crippen molar-refractivity contribution < 1.29 is 0 Å². The van der Waals surface area contributed by atoms with Crippen molar-refractivity contribution in [2.75, 3.05) is 0 Å². The summed E-state index contributed by atoms with van der Waals surface area (Å²) in [6, 6.07) is 0. The summed E-state index contributed by atoms with van der Waals surface area (Å²) in [6.07, 6.45) is 2.12. The molecule has 0 spiro atoms. The summed E-state index contributed by atoms with van der Waals surface area (Å²) in [5.74, 6) is 0.722. The number of rotatable bonds is 4. The SMILES string of the molecule is CCC(C)CC(C)(C)C(N)N. The molecule has 0 aliphatic carbocycles. The minimum Gasteiger partial charge on any atom is -0.316 e. The van der Waals surface area contributed by atoms with E-state index in [-0.39, 0.29) is 11.6 Å². The van der Waals surface area contributed by atoms with Gasteiger partial charge in [0.05, 0.1) is 6.17 Å². The summed E-state index contributed by atoms with van der Waals surface area (Å²) in [5, 5.41) is 0. The second-order valence-electron chi connectivity index (χ2n) is 4.23. The largest absolute Gasteiger partial charge is 0.316 e. The van der Waals surface area contributed by atoms with Crippen molar-refractivity contribution in [3.8, 4) is 0 Å². The third-order valence-electron chi connectivity index (χ3n) is 2.47. The highest BCUT2D eigenvalue weighted by Gasteiger charge is 2.24. The van der Waals surface area contributed by atoms with E-state index in [1.807, 2.05) is 0 Å². The zero-order valence-corrected chi connectivity index (χ0v) is 8.22. The first-order valence-electron chi connectivity index (χ1n) is 4.41. The molecule has 2 heteroatoms. The summed E-state index contributed by atoms with van der Waals surface area (Å²) >= 11 is 0. The van der Waals surface area contributed by atoms with Crippen LogP contribution in [0.1, 0.15) is 40.5 Å². The van der Waals surface area contributed by atoms with Crippen LogP contribution in [0.25, 0.3) is 0 Å². The lowest BCUT2D eigenvalue weighted by molar-refractivity contribution is 0.223. The van der Waals surface area contributed by atoms with Gasteiger partial charge in [0, 0.05) is 0 Å². The highest BCUT2D eigenvalue weighted by atomic mass is 14.9. The van der Waals surface area contributed by atoms with Gasteiger partial charge in [0.2, 0.25) is 0 Å². The lowest BCUT2D eigenvalue weighted by Gasteiger charge is -2.31. The second kappa shape index (κ2) is 4.07. The van der Waals surface area contributed by atoms with E-state index in [4.69, 9.17) is 11.5 Å². The Bertz CT molecular complexity index is 108. The average Bonchev–Trinajstić information content (AvgIpc) is 1.86. The Labute approximate surface area is 70.3 Å². The highest BCUT2D eigenvalue weighted by molar-refractivity contribution is 4.78. The summed E-state index contributed by atoms with van der Waals surface area (Å²) in [4.78, 5) is 0. The molecule has 4 N–H and O–H groups in total. The molecule has 0 aliphatic heterocycles. The lowest BCUT2D eigenvalue weighted by Crippen LogP contribution is -2.45. The van der Waals surface area contributed by atoms with Gasteiger partial charge in [-0.3, -0.25) is 0 Å². The third kappa shape index (κ3) is 3.73.